The van der Waals surface area contributed by atoms with Gasteiger partial charge in [0.2, 0.25) is 0 Å². The zero-order valence-electron chi connectivity index (χ0n) is 20.4. The van der Waals surface area contributed by atoms with E-state index in [1.165, 1.54) is 18.7 Å². The van der Waals surface area contributed by atoms with Crippen molar-refractivity contribution < 1.29 is 28.3 Å². The van der Waals surface area contributed by atoms with Crippen LogP contribution < -0.4 is 14.8 Å². The molecule has 0 spiro atoms. The molecule has 0 bridgehead atoms. The Kier molecular flexibility index (Phi) is 7.94. The minimum Gasteiger partial charge on any atom is -0.493 e. The molecule has 0 aliphatic carbocycles. The topological polar surface area (TPSA) is 99.9 Å². The number of amides is 1. The van der Waals surface area contributed by atoms with Crippen LogP contribution in [0.1, 0.15) is 57.0 Å². The van der Waals surface area contributed by atoms with Gasteiger partial charge in [-0.05, 0) is 69.5 Å². The molecule has 1 N–H and O–H groups in total. The van der Waals surface area contributed by atoms with Gasteiger partial charge in [0.05, 0.1) is 30.0 Å². The van der Waals surface area contributed by atoms with E-state index in [4.69, 9.17) is 18.7 Å². The lowest BCUT2D eigenvalue weighted by Crippen LogP contribution is -2.31. The number of carbonyl (C=O) groups is 2. The molecule has 1 unspecified atom stereocenters. The van der Waals surface area contributed by atoms with Gasteiger partial charge < -0.3 is 24.1 Å². The largest absolute Gasteiger partial charge is 0.493 e. The number of esters is 1. The highest BCUT2D eigenvalue weighted by Gasteiger charge is 2.17. The Bertz CT molecular complexity index is 1160. The monoisotopic (exact) mass is 466 g/mol. The fourth-order valence-corrected chi connectivity index (χ4v) is 3.39. The highest BCUT2D eigenvalue weighted by Crippen LogP contribution is 2.30. The number of aromatic nitrogens is 1. The average Bonchev–Trinajstić information content (AvgIpc) is 3.14. The molecule has 0 aliphatic rings. The van der Waals surface area contributed by atoms with Crippen LogP contribution in [0.3, 0.4) is 0 Å². The van der Waals surface area contributed by atoms with Crippen LogP contribution in [0.2, 0.25) is 0 Å². The fraction of sp³-hybridized carbons (Fsp3) is 0.346. The van der Waals surface area contributed by atoms with Crippen molar-refractivity contribution in [1.82, 2.24) is 10.5 Å². The molecule has 2 aromatic carbocycles. The molecule has 180 valence electrons. The van der Waals surface area contributed by atoms with Crippen molar-refractivity contribution in [2.45, 2.75) is 47.3 Å². The van der Waals surface area contributed by atoms with Gasteiger partial charge >= 0.3 is 5.97 Å². The molecule has 0 radical (unpaired) electrons. The molecule has 34 heavy (non-hydrogen) atoms. The molecule has 1 aromatic heterocycles. The highest BCUT2D eigenvalue weighted by atomic mass is 16.5. The number of hydrogen-bond donors (Lipinski definition) is 1. The van der Waals surface area contributed by atoms with Gasteiger partial charge in [-0.1, -0.05) is 23.4 Å². The molecule has 1 amide bonds. The molecule has 1 heterocycles. The van der Waals surface area contributed by atoms with E-state index in [0.29, 0.717) is 17.3 Å². The second-order valence-corrected chi connectivity index (χ2v) is 8.17. The summed E-state index contributed by atoms with van der Waals surface area (Å²) in [6, 6.07) is 10.5. The van der Waals surface area contributed by atoms with E-state index in [9.17, 15) is 9.59 Å². The number of rotatable bonds is 9. The third kappa shape index (κ3) is 5.95. The normalized spacial score (nSPS) is 11.6. The summed E-state index contributed by atoms with van der Waals surface area (Å²) in [4.78, 5) is 24.8. The third-order valence-electron chi connectivity index (χ3n) is 5.70. The van der Waals surface area contributed by atoms with Crippen LogP contribution in [0.5, 0.6) is 11.5 Å². The van der Waals surface area contributed by atoms with Gasteiger partial charge in [-0.3, -0.25) is 4.79 Å². The highest BCUT2D eigenvalue weighted by molar-refractivity contribution is 5.92. The van der Waals surface area contributed by atoms with E-state index < -0.39 is 5.97 Å². The Morgan fingerprint density at radius 1 is 1.03 bits per heavy atom. The number of methoxy groups -OCH3 is 1. The summed E-state index contributed by atoms with van der Waals surface area (Å²) in [5.41, 5.74) is 5.18. The van der Waals surface area contributed by atoms with E-state index in [2.05, 4.69) is 10.5 Å². The third-order valence-corrected chi connectivity index (χ3v) is 5.70. The Labute approximate surface area is 199 Å². The molecule has 8 nitrogen and oxygen atoms in total. The van der Waals surface area contributed by atoms with Gasteiger partial charge in [0.15, 0.2) is 18.1 Å². The van der Waals surface area contributed by atoms with Crippen molar-refractivity contribution in [2.75, 3.05) is 13.7 Å². The maximum absolute atomic E-state index is 12.5. The van der Waals surface area contributed by atoms with Gasteiger partial charge in [-0.15, -0.1) is 0 Å². The first-order valence-electron chi connectivity index (χ1n) is 11.0. The second-order valence-electron chi connectivity index (χ2n) is 8.17. The van der Waals surface area contributed by atoms with Gasteiger partial charge in [0, 0.05) is 0 Å². The van der Waals surface area contributed by atoms with Gasteiger partial charge in [0.25, 0.3) is 5.91 Å². The number of nitrogens with zero attached hydrogens (tertiary/aromatic N) is 1. The quantitative estimate of drug-likeness (QED) is 0.463. The number of carbonyl (C=O) groups excluding carboxylic acids is 2. The minimum atomic E-state index is -0.635. The van der Waals surface area contributed by atoms with Gasteiger partial charge in [-0.2, -0.15) is 0 Å². The molecule has 8 heteroatoms. The lowest BCUT2D eigenvalue weighted by Gasteiger charge is -2.16. The lowest BCUT2D eigenvalue weighted by atomic mass is 10.0. The van der Waals surface area contributed by atoms with Gasteiger partial charge in [0.1, 0.15) is 12.4 Å². The van der Waals surface area contributed by atoms with Crippen molar-refractivity contribution in [3.8, 4) is 11.5 Å². The molecule has 3 aromatic rings. The summed E-state index contributed by atoms with van der Waals surface area (Å²) in [5, 5.41) is 6.75. The number of aryl methyl sites for hydroxylation is 4. The van der Waals surface area contributed by atoms with Crippen LogP contribution in [0, 0.1) is 27.7 Å². The summed E-state index contributed by atoms with van der Waals surface area (Å²) in [6.45, 7) is 9.46. The molecule has 0 saturated carbocycles. The summed E-state index contributed by atoms with van der Waals surface area (Å²) in [6.07, 6.45) is 0. The zero-order chi connectivity index (χ0) is 24.8. The Hall–Kier alpha value is -3.81. The summed E-state index contributed by atoms with van der Waals surface area (Å²) in [7, 11) is 1.48. The molecule has 0 saturated heterocycles. The van der Waals surface area contributed by atoms with Crippen molar-refractivity contribution >= 4 is 11.9 Å². The SMILES string of the molecule is COc1cc(C(=O)OCC(=O)NC(C)c2ccc(C)c(C)c2)ccc1OCc1c(C)noc1C. The number of ether oxygens (including phenoxy) is 3. The van der Waals surface area contributed by atoms with Crippen molar-refractivity contribution in [1.29, 1.82) is 0 Å². The summed E-state index contributed by atoms with van der Waals surface area (Å²) < 4.78 is 21.5. The molecule has 1 atom stereocenters. The molecular formula is C26H30N2O6. The van der Waals surface area contributed by atoms with Crippen LogP contribution >= 0.6 is 0 Å². The van der Waals surface area contributed by atoms with E-state index in [-0.39, 0.29) is 30.7 Å². The lowest BCUT2D eigenvalue weighted by molar-refractivity contribution is -0.124. The number of nitrogens with one attached hydrogen (secondary N) is 1. The Balaban J connectivity index is 1.56. The van der Waals surface area contributed by atoms with E-state index in [0.717, 1.165) is 22.4 Å². The predicted octanol–water partition coefficient (Wildman–Crippen LogP) is 4.53. The van der Waals surface area contributed by atoms with Gasteiger partial charge in [-0.25, -0.2) is 4.79 Å². The van der Waals surface area contributed by atoms with Crippen molar-refractivity contribution in [3.05, 3.63) is 75.7 Å². The minimum absolute atomic E-state index is 0.209. The average molecular weight is 467 g/mol. The molecule has 0 fully saturated rings. The van der Waals surface area contributed by atoms with Crippen LogP contribution in [-0.4, -0.2) is 30.7 Å². The van der Waals surface area contributed by atoms with Crippen LogP contribution in [0.15, 0.2) is 40.9 Å². The van der Waals surface area contributed by atoms with E-state index >= 15 is 0 Å². The molecule has 3 rings (SSSR count). The second kappa shape index (κ2) is 10.9. The van der Waals surface area contributed by atoms with Crippen LogP contribution in [0.25, 0.3) is 0 Å². The molecule has 0 aliphatic heterocycles. The number of benzene rings is 2. The number of hydrogen-bond acceptors (Lipinski definition) is 7. The van der Waals surface area contributed by atoms with Crippen molar-refractivity contribution in [3.63, 3.8) is 0 Å². The van der Waals surface area contributed by atoms with Crippen LogP contribution in [0.4, 0.5) is 0 Å². The smallest absolute Gasteiger partial charge is 0.338 e. The first-order valence-corrected chi connectivity index (χ1v) is 11.0. The summed E-state index contributed by atoms with van der Waals surface area (Å²) in [5.74, 6) is 0.491. The first-order chi connectivity index (χ1) is 16.2. The fourth-order valence-electron chi connectivity index (χ4n) is 3.39. The Morgan fingerprint density at radius 2 is 1.79 bits per heavy atom. The van der Waals surface area contributed by atoms with Crippen molar-refractivity contribution in [2.24, 2.45) is 0 Å². The summed E-state index contributed by atoms with van der Waals surface area (Å²) >= 11 is 0. The maximum Gasteiger partial charge on any atom is 0.338 e. The predicted molar refractivity (Wildman–Crippen MR) is 126 cm³/mol. The van der Waals surface area contributed by atoms with Crippen LogP contribution in [-0.2, 0) is 16.1 Å². The maximum atomic E-state index is 12.5. The van der Waals surface area contributed by atoms with E-state index in [1.807, 2.05) is 52.8 Å². The molecular weight excluding hydrogens is 436 g/mol. The Morgan fingerprint density at radius 3 is 2.44 bits per heavy atom. The van der Waals surface area contributed by atoms with E-state index in [1.54, 1.807) is 12.1 Å². The standard InChI is InChI=1S/C26H30N2O6/c1-15-7-8-20(11-16(15)2)17(3)27-25(29)14-33-26(30)21-9-10-23(24(12-21)31-6)32-13-22-18(4)28-34-19(22)5/h7-12,17H,13-14H2,1-6H3,(H,27,29). The first kappa shape index (κ1) is 24.8. The zero-order valence-corrected chi connectivity index (χ0v) is 20.4.